The molecule has 1 fully saturated rings. The average Bonchev–Trinajstić information content (AvgIpc) is 2.56. The first-order valence-corrected chi connectivity index (χ1v) is 10.2. The molecule has 25 heavy (non-hydrogen) atoms. The SMILES string of the molecule is CN=C(NCCS(=O)(=O)NCC1CCC1)NCc1ccc(OC)cc1. The smallest absolute Gasteiger partial charge is 0.213 e. The minimum atomic E-state index is -3.24. The second-order valence-corrected chi connectivity index (χ2v) is 8.09. The van der Waals surface area contributed by atoms with E-state index in [-0.39, 0.29) is 5.75 Å². The maximum atomic E-state index is 12.0. The Labute approximate surface area is 150 Å². The van der Waals surface area contributed by atoms with Gasteiger partial charge in [-0.15, -0.1) is 0 Å². The Kier molecular flexibility index (Phi) is 7.52. The molecule has 1 aliphatic rings. The van der Waals surface area contributed by atoms with Gasteiger partial charge in [0, 0.05) is 26.7 Å². The van der Waals surface area contributed by atoms with Crippen molar-refractivity contribution in [1.82, 2.24) is 15.4 Å². The minimum Gasteiger partial charge on any atom is -0.497 e. The van der Waals surface area contributed by atoms with Crippen LogP contribution in [-0.2, 0) is 16.6 Å². The van der Waals surface area contributed by atoms with E-state index in [2.05, 4.69) is 20.3 Å². The summed E-state index contributed by atoms with van der Waals surface area (Å²) in [4.78, 5) is 4.11. The largest absolute Gasteiger partial charge is 0.497 e. The molecule has 0 atom stereocenters. The molecule has 0 unspecified atom stereocenters. The zero-order valence-corrected chi connectivity index (χ0v) is 15.7. The lowest BCUT2D eigenvalue weighted by Gasteiger charge is -2.25. The molecule has 8 heteroatoms. The fourth-order valence-corrected chi connectivity index (χ4v) is 3.47. The number of sulfonamides is 1. The molecule has 0 aliphatic heterocycles. The molecule has 0 aromatic heterocycles. The number of nitrogens with one attached hydrogen (secondary N) is 3. The Bertz CT molecular complexity index is 655. The van der Waals surface area contributed by atoms with Crippen molar-refractivity contribution >= 4 is 16.0 Å². The van der Waals surface area contributed by atoms with Gasteiger partial charge in [-0.05, 0) is 36.5 Å². The van der Waals surface area contributed by atoms with E-state index >= 15 is 0 Å². The number of hydrogen-bond donors (Lipinski definition) is 3. The first kappa shape index (κ1) is 19.5. The van der Waals surface area contributed by atoms with Gasteiger partial charge in [0.1, 0.15) is 5.75 Å². The minimum absolute atomic E-state index is 0.0307. The summed E-state index contributed by atoms with van der Waals surface area (Å²) in [6, 6.07) is 7.73. The molecule has 0 amide bonds. The van der Waals surface area contributed by atoms with E-state index < -0.39 is 10.0 Å². The van der Waals surface area contributed by atoms with E-state index in [0.29, 0.717) is 31.5 Å². The number of benzene rings is 1. The van der Waals surface area contributed by atoms with Crippen LogP contribution in [-0.4, -0.2) is 47.4 Å². The summed E-state index contributed by atoms with van der Waals surface area (Å²) in [5.41, 5.74) is 1.08. The van der Waals surface area contributed by atoms with Crippen LogP contribution in [0.25, 0.3) is 0 Å². The van der Waals surface area contributed by atoms with Crippen molar-refractivity contribution in [3.05, 3.63) is 29.8 Å². The Balaban J connectivity index is 1.68. The van der Waals surface area contributed by atoms with Gasteiger partial charge in [-0.2, -0.15) is 0 Å². The quantitative estimate of drug-likeness (QED) is 0.448. The van der Waals surface area contributed by atoms with Crippen LogP contribution in [0.5, 0.6) is 5.75 Å². The van der Waals surface area contributed by atoms with E-state index in [1.807, 2.05) is 24.3 Å². The number of guanidine groups is 1. The molecule has 3 N–H and O–H groups in total. The predicted molar refractivity (Wildman–Crippen MR) is 100 cm³/mol. The maximum Gasteiger partial charge on any atom is 0.213 e. The van der Waals surface area contributed by atoms with Gasteiger partial charge in [0.05, 0.1) is 12.9 Å². The zero-order valence-electron chi connectivity index (χ0n) is 14.9. The van der Waals surface area contributed by atoms with Gasteiger partial charge in [-0.25, -0.2) is 13.1 Å². The standard InChI is InChI=1S/C17H28N4O3S/c1-18-17(20-12-15-6-8-16(24-2)9-7-15)19-10-11-25(22,23)21-13-14-4-3-5-14/h6-9,14,21H,3-5,10-13H2,1-2H3,(H2,18,19,20). The van der Waals surface area contributed by atoms with Crippen LogP contribution in [0.3, 0.4) is 0 Å². The number of hydrogen-bond acceptors (Lipinski definition) is 4. The first-order chi connectivity index (χ1) is 12.0. The van der Waals surface area contributed by atoms with Crippen LogP contribution in [0, 0.1) is 5.92 Å². The van der Waals surface area contributed by atoms with Gasteiger partial charge in [0.2, 0.25) is 10.0 Å². The summed E-state index contributed by atoms with van der Waals surface area (Å²) in [6.45, 7) is 1.46. The number of rotatable bonds is 9. The molecule has 1 aromatic carbocycles. The first-order valence-electron chi connectivity index (χ1n) is 8.57. The second-order valence-electron chi connectivity index (χ2n) is 6.16. The van der Waals surface area contributed by atoms with Crippen molar-refractivity contribution in [2.24, 2.45) is 10.9 Å². The van der Waals surface area contributed by atoms with Gasteiger partial charge in [0.25, 0.3) is 0 Å². The van der Waals surface area contributed by atoms with Crippen LogP contribution in [0.15, 0.2) is 29.3 Å². The molecule has 0 bridgehead atoms. The molecular formula is C17H28N4O3S. The number of nitrogens with zero attached hydrogens (tertiary/aromatic N) is 1. The molecule has 0 heterocycles. The van der Waals surface area contributed by atoms with Crippen molar-refractivity contribution < 1.29 is 13.2 Å². The zero-order chi connectivity index (χ0) is 18.1. The summed E-state index contributed by atoms with van der Waals surface area (Å²) in [7, 11) is 0.0518. The molecule has 1 saturated carbocycles. The second kappa shape index (κ2) is 9.62. The molecule has 1 aliphatic carbocycles. The van der Waals surface area contributed by atoms with Gasteiger partial charge in [-0.3, -0.25) is 4.99 Å². The number of methoxy groups -OCH3 is 1. The molecular weight excluding hydrogens is 340 g/mol. The third kappa shape index (κ3) is 6.91. The fraction of sp³-hybridized carbons (Fsp3) is 0.588. The lowest BCUT2D eigenvalue weighted by Crippen LogP contribution is -2.41. The monoisotopic (exact) mass is 368 g/mol. The highest BCUT2D eigenvalue weighted by Crippen LogP contribution is 2.25. The highest BCUT2D eigenvalue weighted by Gasteiger charge is 2.19. The lowest BCUT2D eigenvalue weighted by atomic mass is 9.86. The van der Waals surface area contributed by atoms with Crippen molar-refractivity contribution in [3.8, 4) is 5.75 Å². The summed E-state index contributed by atoms with van der Waals surface area (Å²) in [5.74, 6) is 1.93. The van der Waals surface area contributed by atoms with Gasteiger partial charge in [-0.1, -0.05) is 18.6 Å². The van der Waals surface area contributed by atoms with Gasteiger partial charge in [0.15, 0.2) is 5.96 Å². The molecule has 0 radical (unpaired) electrons. The molecule has 7 nitrogen and oxygen atoms in total. The summed E-state index contributed by atoms with van der Waals surface area (Å²) >= 11 is 0. The predicted octanol–water partition coefficient (Wildman–Crippen LogP) is 1.08. The van der Waals surface area contributed by atoms with Gasteiger partial charge < -0.3 is 15.4 Å². The number of ether oxygens (including phenoxy) is 1. The third-order valence-corrected chi connectivity index (χ3v) is 5.67. The van der Waals surface area contributed by atoms with E-state index in [1.165, 1.54) is 6.42 Å². The molecule has 1 aromatic rings. The Morgan fingerprint density at radius 1 is 1.24 bits per heavy atom. The van der Waals surface area contributed by atoms with Crippen molar-refractivity contribution in [3.63, 3.8) is 0 Å². The van der Waals surface area contributed by atoms with Gasteiger partial charge >= 0.3 is 0 Å². The van der Waals surface area contributed by atoms with E-state index in [1.54, 1.807) is 14.2 Å². The van der Waals surface area contributed by atoms with E-state index in [4.69, 9.17) is 4.74 Å². The highest BCUT2D eigenvalue weighted by atomic mass is 32.2. The van der Waals surface area contributed by atoms with Crippen LogP contribution in [0.1, 0.15) is 24.8 Å². The molecule has 0 saturated heterocycles. The normalized spacial score (nSPS) is 15.5. The molecule has 2 rings (SSSR count). The van der Waals surface area contributed by atoms with Crippen molar-refractivity contribution in [2.75, 3.05) is 33.0 Å². The number of aliphatic imine (C=N–C) groups is 1. The summed E-state index contributed by atoms with van der Waals surface area (Å²) < 4.78 is 31.7. The molecule has 140 valence electrons. The van der Waals surface area contributed by atoms with E-state index in [0.717, 1.165) is 24.2 Å². The Morgan fingerprint density at radius 3 is 2.52 bits per heavy atom. The Morgan fingerprint density at radius 2 is 1.96 bits per heavy atom. The lowest BCUT2D eigenvalue weighted by molar-refractivity contribution is 0.316. The van der Waals surface area contributed by atoms with Crippen LogP contribution in [0.4, 0.5) is 0 Å². The van der Waals surface area contributed by atoms with Crippen LogP contribution in [0.2, 0.25) is 0 Å². The van der Waals surface area contributed by atoms with Crippen LogP contribution < -0.4 is 20.1 Å². The summed E-state index contributed by atoms with van der Waals surface area (Å²) in [5, 5.41) is 6.19. The maximum absolute atomic E-state index is 12.0. The summed E-state index contributed by atoms with van der Waals surface area (Å²) in [6.07, 6.45) is 3.47. The fourth-order valence-electron chi connectivity index (χ4n) is 2.47. The topological polar surface area (TPSA) is 91.8 Å². The Hall–Kier alpha value is -1.80. The average molecular weight is 369 g/mol. The van der Waals surface area contributed by atoms with E-state index in [9.17, 15) is 8.42 Å². The van der Waals surface area contributed by atoms with Crippen molar-refractivity contribution in [1.29, 1.82) is 0 Å². The van der Waals surface area contributed by atoms with Crippen LogP contribution >= 0.6 is 0 Å². The highest BCUT2D eigenvalue weighted by molar-refractivity contribution is 7.89. The third-order valence-electron chi connectivity index (χ3n) is 4.32. The van der Waals surface area contributed by atoms with Crippen molar-refractivity contribution in [2.45, 2.75) is 25.8 Å². The molecule has 0 spiro atoms.